The van der Waals surface area contributed by atoms with Gasteiger partial charge in [0, 0.05) is 24.2 Å². The zero-order chi connectivity index (χ0) is 18.6. The van der Waals surface area contributed by atoms with Crippen molar-refractivity contribution in [2.24, 2.45) is 0 Å². The summed E-state index contributed by atoms with van der Waals surface area (Å²) in [6.07, 6.45) is 5.35. The first-order valence-corrected chi connectivity index (χ1v) is 8.72. The maximum atomic E-state index is 12.6. The lowest BCUT2D eigenvalue weighted by Gasteiger charge is -2.16. The maximum absolute atomic E-state index is 12.6. The molecule has 130 valence electrons. The number of thiazole rings is 1. The lowest BCUT2D eigenvalue weighted by Crippen LogP contribution is -2.34. The molecule has 0 saturated carbocycles. The van der Waals surface area contributed by atoms with E-state index in [0.29, 0.717) is 21.8 Å². The van der Waals surface area contributed by atoms with E-state index in [9.17, 15) is 9.59 Å². The van der Waals surface area contributed by atoms with E-state index >= 15 is 0 Å². The van der Waals surface area contributed by atoms with Gasteiger partial charge >= 0.3 is 0 Å². The summed E-state index contributed by atoms with van der Waals surface area (Å²) in [6.45, 7) is 5.84. The van der Waals surface area contributed by atoms with Crippen molar-refractivity contribution in [2.75, 3.05) is 18.9 Å². The van der Waals surface area contributed by atoms with Crippen molar-refractivity contribution < 1.29 is 9.59 Å². The standard InChI is InChI=1S/C19H21N3O2S/c1-6-14-8-7-9-15(10-14)21-16(23)11-22(5)19(24)17-13(4)20-18(25-17)12(2)3/h1,7-10,12H,11H2,2-5H3,(H,21,23). The average Bonchev–Trinajstić information content (AvgIpc) is 2.96. The Hall–Kier alpha value is -2.65. The maximum Gasteiger partial charge on any atom is 0.266 e. The Kier molecular flexibility index (Phi) is 5.94. The number of rotatable bonds is 5. The van der Waals surface area contributed by atoms with Crippen molar-refractivity contribution in [3.8, 4) is 12.3 Å². The Balaban J connectivity index is 2.03. The van der Waals surface area contributed by atoms with Crippen LogP contribution >= 0.6 is 11.3 Å². The van der Waals surface area contributed by atoms with Crippen LogP contribution in [0.3, 0.4) is 0 Å². The van der Waals surface area contributed by atoms with Gasteiger partial charge in [0.1, 0.15) is 4.88 Å². The van der Waals surface area contributed by atoms with Crippen molar-refractivity contribution in [3.05, 3.63) is 45.4 Å². The first kappa shape index (κ1) is 18.7. The third-order valence-electron chi connectivity index (χ3n) is 3.54. The molecule has 25 heavy (non-hydrogen) atoms. The van der Waals surface area contributed by atoms with Crippen molar-refractivity contribution in [1.29, 1.82) is 0 Å². The van der Waals surface area contributed by atoms with Gasteiger partial charge in [-0.05, 0) is 25.1 Å². The number of carbonyl (C=O) groups excluding carboxylic acids is 2. The minimum absolute atomic E-state index is 0.0481. The molecular formula is C19H21N3O2S. The Bertz CT molecular complexity index is 833. The van der Waals surface area contributed by atoms with Crippen LogP contribution in [0.2, 0.25) is 0 Å². The molecule has 0 aliphatic heterocycles. The zero-order valence-corrected chi connectivity index (χ0v) is 15.6. The number of benzene rings is 1. The molecule has 6 heteroatoms. The van der Waals surface area contributed by atoms with Gasteiger partial charge in [-0.1, -0.05) is 25.8 Å². The average molecular weight is 355 g/mol. The Morgan fingerprint density at radius 3 is 2.72 bits per heavy atom. The Morgan fingerprint density at radius 1 is 1.40 bits per heavy atom. The number of anilines is 1. The molecule has 2 aromatic rings. The monoisotopic (exact) mass is 355 g/mol. The summed E-state index contributed by atoms with van der Waals surface area (Å²) < 4.78 is 0. The fourth-order valence-electron chi connectivity index (χ4n) is 2.21. The summed E-state index contributed by atoms with van der Waals surface area (Å²) >= 11 is 1.38. The summed E-state index contributed by atoms with van der Waals surface area (Å²) in [5, 5.41) is 3.67. The van der Waals surface area contributed by atoms with Crippen LogP contribution < -0.4 is 5.32 Å². The molecule has 2 amide bonds. The van der Waals surface area contributed by atoms with Crippen molar-refractivity contribution >= 4 is 28.8 Å². The summed E-state index contributed by atoms with van der Waals surface area (Å²) in [6, 6.07) is 7.02. The fourth-order valence-corrected chi connectivity index (χ4v) is 3.27. The summed E-state index contributed by atoms with van der Waals surface area (Å²) in [7, 11) is 1.61. The molecule has 1 aromatic carbocycles. The van der Waals surface area contributed by atoms with Crippen LogP contribution in [0.5, 0.6) is 0 Å². The molecule has 0 bridgehead atoms. The predicted molar refractivity (Wildman–Crippen MR) is 101 cm³/mol. The van der Waals surface area contributed by atoms with E-state index in [1.54, 1.807) is 31.3 Å². The van der Waals surface area contributed by atoms with Crippen LogP contribution in [0.25, 0.3) is 0 Å². The van der Waals surface area contributed by atoms with E-state index in [2.05, 4.69) is 16.2 Å². The van der Waals surface area contributed by atoms with Gasteiger partial charge in [0.25, 0.3) is 5.91 Å². The third-order valence-corrected chi connectivity index (χ3v) is 4.99. The molecule has 1 aromatic heterocycles. The smallest absolute Gasteiger partial charge is 0.266 e. The van der Waals surface area contributed by atoms with Gasteiger partial charge in [0.2, 0.25) is 5.91 Å². The fraction of sp³-hybridized carbons (Fsp3) is 0.316. The van der Waals surface area contributed by atoms with Crippen LogP contribution in [0.15, 0.2) is 24.3 Å². The largest absolute Gasteiger partial charge is 0.332 e. The first-order chi connectivity index (χ1) is 11.8. The molecule has 0 saturated heterocycles. The lowest BCUT2D eigenvalue weighted by atomic mass is 10.2. The molecule has 2 rings (SSSR count). The number of nitrogens with one attached hydrogen (secondary N) is 1. The number of hydrogen-bond acceptors (Lipinski definition) is 4. The van der Waals surface area contributed by atoms with Crippen molar-refractivity contribution in [1.82, 2.24) is 9.88 Å². The number of carbonyl (C=O) groups is 2. The van der Waals surface area contributed by atoms with Gasteiger partial charge in [-0.15, -0.1) is 17.8 Å². The number of hydrogen-bond donors (Lipinski definition) is 1. The minimum Gasteiger partial charge on any atom is -0.332 e. The highest BCUT2D eigenvalue weighted by molar-refractivity contribution is 7.13. The second-order valence-corrected chi connectivity index (χ2v) is 7.09. The van der Waals surface area contributed by atoms with Crippen LogP contribution in [-0.2, 0) is 4.79 Å². The number of nitrogens with zero attached hydrogens (tertiary/aromatic N) is 2. The molecule has 5 nitrogen and oxygen atoms in total. The Morgan fingerprint density at radius 2 is 2.12 bits per heavy atom. The highest BCUT2D eigenvalue weighted by Gasteiger charge is 2.21. The highest BCUT2D eigenvalue weighted by atomic mass is 32.1. The van der Waals surface area contributed by atoms with Gasteiger partial charge in [-0.3, -0.25) is 9.59 Å². The quantitative estimate of drug-likeness (QED) is 0.838. The molecule has 0 aliphatic carbocycles. The predicted octanol–water partition coefficient (Wildman–Crippen LogP) is 3.27. The normalized spacial score (nSPS) is 10.4. The third kappa shape index (κ3) is 4.68. The summed E-state index contributed by atoms with van der Waals surface area (Å²) in [4.78, 5) is 31.2. The number of amides is 2. The molecule has 0 radical (unpaired) electrons. The SMILES string of the molecule is C#Cc1cccc(NC(=O)CN(C)C(=O)c2sc(C(C)C)nc2C)c1. The van der Waals surface area contributed by atoms with E-state index < -0.39 is 0 Å². The van der Waals surface area contributed by atoms with E-state index in [1.165, 1.54) is 16.2 Å². The summed E-state index contributed by atoms with van der Waals surface area (Å²) in [5.74, 6) is 2.30. The second kappa shape index (κ2) is 7.95. The van der Waals surface area contributed by atoms with Crippen LogP contribution in [-0.4, -0.2) is 35.3 Å². The van der Waals surface area contributed by atoms with E-state index in [-0.39, 0.29) is 24.3 Å². The summed E-state index contributed by atoms with van der Waals surface area (Å²) in [5.41, 5.74) is 1.99. The van der Waals surface area contributed by atoms with Crippen LogP contribution in [0, 0.1) is 19.3 Å². The number of aromatic nitrogens is 1. The highest BCUT2D eigenvalue weighted by Crippen LogP contribution is 2.25. The van der Waals surface area contributed by atoms with E-state index in [4.69, 9.17) is 6.42 Å². The molecule has 1 heterocycles. The first-order valence-electron chi connectivity index (χ1n) is 7.91. The molecule has 0 aliphatic rings. The molecule has 1 N–H and O–H groups in total. The van der Waals surface area contributed by atoms with Gasteiger partial charge < -0.3 is 10.2 Å². The van der Waals surface area contributed by atoms with E-state index in [1.807, 2.05) is 20.8 Å². The molecule has 0 unspecified atom stereocenters. The molecule has 0 atom stereocenters. The van der Waals surface area contributed by atoms with Gasteiger partial charge in [0.15, 0.2) is 0 Å². The molecule has 0 fully saturated rings. The topological polar surface area (TPSA) is 62.3 Å². The zero-order valence-electron chi connectivity index (χ0n) is 14.8. The van der Waals surface area contributed by atoms with Crippen LogP contribution in [0.1, 0.15) is 45.7 Å². The van der Waals surface area contributed by atoms with Gasteiger partial charge in [-0.25, -0.2) is 4.98 Å². The van der Waals surface area contributed by atoms with Gasteiger partial charge in [0.05, 0.1) is 17.2 Å². The minimum atomic E-state index is -0.281. The number of likely N-dealkylation sites (N-methyl/N-ethyl adjacent to an activating group) is 1. The molecule has 0 spiro atoms. The van der Waals surface area contributed by atoms with Gasteiger partial charge in [-0.2, -0.15) is 0 Å². The van der Waals surface area contributed by atoms with Crippen molar-refractivity contribution in [2.45, 2.75) is 26.7 Å². The van der Waals surface area contributed by atoms with Crippen molar-refractivity contribution in [3.63, 3.8) is 0 Å². The number of terminal acetylenes is 1. The molecular weight excluding hydrogens is 334 g/mol. The van der Waals surface area contributed by atoms with E-state index in [0.717, 1.165) is 5.01 Å². The second-order valence-electron chi connectivity index (χ2n) is 6.06. The number of aryl methyl sites for hydroxylation is 1. The van der Waals surface area contributed by atoms with Crippen LogP contribution in [0.4, 0.5) is 5.69 Å². The lowest BCUT2D eigenvalue weighted by molar-refractivity contribution is -0.116. The Labute approximate surface area is 152 Å².